The first-order chi connectivity index (χ1) is 8.47. The highest BCUT2D eigenvalue weighted by molar-refractivity contribution is 7.89. The maximum absolute atomic E-state index is 12.3. The van der Waals surface area contributed by atoms with Gasteiger partial charge >= 0.3 is 0 Å². The summed E-state index contributed by atoms with van der Waals surface area (Å²) in [5.41, 5.74) is 6.25. The summed E-state index contributed by atoms with van der Waals surface area (Å²) in [6.07, 6.45) is 3.73. The van der Waals surface area contributed by atoms with Gasteiger partial charge in [0.2, 0.25) is 10.0 Å². The number of halogens is 1. The van der Waals surface area contributed by atoms with Crippen LogP contribution < -0.4 is 10.5 Å². The highest BCUT2D eigenvalue weighted by Gasteiger charge is 2.36. The lowest BCUT2D eigenvalue weighted by Crippen LogP contribution is -2.51. The monoisotopic (exact) mass is 304 g/mol. The second kappa shape index (κ2) is 6.22. The van der Waals surface area contributed by atoms with E-state index in [1.54, 1.807) is 18.2 Å². The fourth-order valence-electron chi connectivity index (χ4n) is 2.53. The van der Waals surface area contributed by atoms with Gasteiger partial charge in [-0.2, -0.15) is 0 Å². The molecule has 0 bridgehead atoms. The summed E-state index contributed by atoms with van der Waals surface area (Å²) in [6, 6.07) is 6.94. The zero-order valence-electron chi connectivity index (χ0n) is 11.1. The average Bonchev–Trinajstić information content (AvgIpc) is 2.77. The molecule has 0 unspecified atom stereocenters. The lowest BCUT2D eigenvalue weighted by atomic mass is 10.0. The van der Waals surface area contributed by atoms with Gasteiger partial charge in [-0.05, 0) is 37.5 Å². The molecule has 108 valence electrons. The highest BCUT2D eigenvalue weighted by atomic mass is 35.5. The highest BCUT2D eigenvalue weighted by Crippen LogP contribution is 2.30. The van der Waals surface area contributed by atoms with Gasteiger partial charge in [0.05, 0.1) is 4.90 Å². The third kappa shape index (κ3) is 3.69. The SMILES string of the molecule is Cc1cccc(S(=O)(=O)NC2(CN)CCCC2)c1.Cl. The number of hydrogen-bond acceptors (Lipinski definition) is 3. The summed E-state index contributed by atoms with van der Waals surface area (Å²) in [5, 5.41) is 0. The molecule has 6 heteroatoms. The predicted octanol–water partition coefficient (Wildman–Crippen LogP) is 1.97. The maximum Gasteiger partial charge on any atom is 0.241 e. The second-order valence-corrected chi connectivity index (χ2v) is 6.80. The smallest absolute Gasteiger partial charge is 0.241 e. The van der Waals surface area contributed by atoms with Crippen molar-refractivity contribution < 1.29 is 8.42 Å². The first kappa shape index (κ1) is 16.4. The Hall–Kier alpha value is -0.620. The molecule has 3 N–H and O–H groups in total. The van der Waals surface area contributed by atoms with Gasteiger partial charge in [0.25, 0.3) is 0 Å². The summed E-state index contributed by atoms with van der Waals surface area (Å²) in [4.78, 5) is 0.322. The van der Waals surface area contributed by atoms with Crippen LogP contribution in [0.5, 0.6) is 0 Å². The normalized spacial score (nSPS) is 18.0. The molecule has 0 atom stereocenters. The topological polar surface area (TPSA) is 72.2 Å². The van der Waals surface area contributed by atoms with Crippen LogP contribution >= 0.6 is 12.4 Å². The van der Waals surface area contributed by atoms with Crippen LogP contribution in [-0.2, 0) is 10.0 Å². The largest absolute Gasteiger partial charge is 0.329 e. The van der Waals surface area contributed by atoms with Gasteiger partial charge in [0.15, 0.2) is 0 Å². The molecule has 1 saturated carbocycles. The molecule has 2 rings (SSSR count). The minimum Gasteiger partial charge on any atom is -0.329 e. The Kier molecular flexibility index (Phi) is 5.38. The first-order valence-corrected chi connectivity index (χ1v) is 7.77. The first-order valence-electron chi connectivity index (χ1n) is 6.28. The summed E-state index contributed by atoms with van der Waals surface area (Å²) in [5.74, 6) is 0. The van der Waals surface area contributed by atoms with Crippen molar-refractivity contribution in [2.75, 3.05) is 6.54 Å². The number of aryl methyl sites for hydroxylation is 1. The van der Waals surface area contributed by atoms with Gasteiger partial charge in [-0.1, -0.05) is 25.0 Å². The average molecular weight is 305 g/mol. The summed E-state index contributed by atoms with van der Waals surface area (Å²) in [6.45, 7) is 2.24. The molecule has 0 saturated heterocycles. The molecule has 1 fully saturated rings. The Balaban J connectivity index is 0.00000180. The van der Waals surface area contributed by atoms with Crippen LogP contribution in [0.3, 0.4) is 0 Å². The summed E-state index contributed by atoms with van der Waals surface area (Å²) < 4.78 is 27.5. The molecule has 0 amide bonds. The van der Waals surface area contributed by atoms with E-state index in [0.717, 1.165) is 31.2 Å². The minimum absolute atomic E-state index is 0. The van der Waals surface area contributed by atoms with Crippen LogP contribution in [-0.4, -0.2) is 20.5 Å². The van der Waals surface area contributed by atoms with Gasteiger partial charge < -0.3 is 5.73 Å². The number of benzene rings is 1. The van der Waals surface area contributed by atoms with Gasteiger partial charge in [-0.15, -0.1) is 12.4 Å². The second-order valence-electron chi connectivity index (χ2n) is 5.11. The molecular formula is C13H21ClN2O2S. The molecule has 0 aliphatic heterocycles. The van der Waals surface area contributed by atoms with Crippen LogP contribution in [0.15, 0.2) is 29.2 Å². The Labute approximate surface area is 121 Å². The third-order valence-corrected chi connectivity index (χ3v) is 5.18. The Morgan fingerprint density at radius 3 is 2.47 bits per heavy atom. The molecule has 0 aromatic heterocycles. The van der Waals surface area contributed by atoms with Crippen molar-refractivity contribution in [3.8, 4) is 0 Å². The van der Waals surface area contributed by atoms with Crippen molar-refractivity contribution in [1.29, 1.82) is 0 Å². The molecule has 19 heavy (non-hydrogen) atoms. The molecule has 1 aromatic carbocycles. The van der Waals surface area contributed by atoms with Gasteiger partial charge in [0.1, 0.15) is 0 Å². The number of hydrogen-bond donors (Lipinski definition) is 2. The van der Waals surface area contributed by atoms with Crippen molar-refractivity contribution in [3.05, 3.63) is 29.8 Å². The van der Waals surface area contributed by atoms with Crippen molar-refractivity contribution in [2.45, 2.75) is 43.0 Å². The van der Waals surface area contributed by atoms with Crippen molar-refractivity contribution >= 4 is 22.4 Å². The molecule has 0 radical (unpaired) electrons. The van der Waals surface area contributed by atoms with Gasteiger partial charge in [-0.25, -0.2) is 13.1 Å². The summed E-state index contributed by atoms with van der Waals surface area (Å²) >= 11 is 0. The summed E-state index contributed by atoms with van der Waals surface area (Å²) in [7, 11) is -3.47. The standard InChI is InChI=1S/C13H20N2O2S.ClH/c1-11-5-4-6-12(9-11)18(16,17)15-13(10-14)7-2-3-8-13;/h4-6,9,15H,2-3,7-8,10,14H2,1H3;1H. The number of rotatable bonds is 4. The molecule has 0 spiro atoms. The number of sulfonamides is 1. The lowest BCUT2D eigenvalue weighted by Gasteiger charge is -2.28. The van der Waals surface area contributed by atoms with E-state index in [9.17, 15) is 8.42 Å². The zero-order valence-corrected chi connectivity index (χ0v) is 12.7. The molecule has 1 aromatic rings. The van der Waals surface area contributed by atoms with E-state index in [4.69, 9.17) is 5.73 Å². The molecule has 1 aliphatic rings. The van der Waals surface area contributed by atoms with E-state index < -0.39 is 15.6 Å². The van der Waals surface area contributed by atoms with Crippen LogP contribution in [0.2, 0.25) is 0 Å². The van der Waals surface area contributed by atoms with E-state index in [1.165, 1.54) is 0 Å². The van der Waals surface area contributed by atoms with E-state index >= 15 is 0 Å². The van der Waals surface area contributed by atoms with Gasteiger partial charge in [-0.3, -0.25) is 0 Å². The van der Waals surface area contributed by atoms with Crippen molar-refractivity contribution in [2.24, 2.45) is 5.73 Å². The molecule has 1 aliphatic carbocycles. The van der Waals surface area contributed by atoms with E-state index in [-0.39, 0.29) is 12.4 Å². The fourth-order valence-corrected chi connectivity index (χ4v) is 4.10. The van der Waals surface area contributed by atoms with Crippen molar-refractivity contribution in [1.82, 2.24) is 4.72 Å². The Bertz CT molecular complexity index is 525. The van der Waals surface area contributed by atoms with E-state index in [1.807, 2.05) is 13.0 Å². The van der Waals surface area contributed by atoms with E-state index in [0.29, 0.717) is 11.4 Å². The maximum atomic E-state index is 12.3. The van der Waals surface area contributed by atoms with Crippen LogP contribution in [0, 0.1) is 6.92 Å². The molecule has 0 heterocycles. The predicted molar refractivity (Wildman–Crippen MR) is 79.0 cm³/mol. The molecule has 4 nitrogen and oxygen atoms in total. The third-order valence-electron chi connectivity index (χ3n) is 3.60. The fraction of sp³-hybridized carbons (Fsp3) is 0.538. The Morgan fingerprint density at radius 1 is 1.32 bits per heavy atom. The minimum atomic E-state index is -3.47. The molecular weight excluding hydrogens is 284 g/mol. The number of nitrogens with two attached hydrogens (primary N) is 1. The van der Waals surface area contributed by atoms with Gasteiger partial charge in [0, 0.05) is 12.1 Å². The van der Waals surface area contributed by atoms with Crippen LogP contribution in [0.25, 0.3) is 0 Å². The number of nitrogens with one attached hydrogen (secondary N) is 1. The lowest BCUT2D eigenvalue weighted by molar-refractivity contribution is 0.399. The van der Waals surface area contributed by atoms with Crippen LogP contribution in [0.4, 0.5) is 0 Å². The zero-order chi connectivity index (χ0) is 13.2. The Morgan fingerprint density at radius 2 is 1.95 bits per heavy atom. The quantitative estimate of drug-likeness (QED) is 0.893. The van der Waals surface area contributed by atoms with Crippen molar-refractivity contribution in [3.63, 3.8) is 0 Å². The van der Waals surface area contributed by atoms with Crippen LogP contribution in [0.1, 0.15) is 31.2 Å². The van der Waals surface area contributed by atoms with E-state index in [2.05, 4.69) is 4.72 Å².